The Morgan fingerprint density at radius 3 is 3.00 bits per heavy atom. The molecule has 0 radical (unpaired) electrons. The number of amides is 1. The van der Waals surface area contributed by atoms with Gasteiger partial charge in [-0.3, -0.25) is 4.79 Å². The van der Waals surface area contributed by atoms with Crippen LogP contribution in [0.4, 0.5) is 5.69 Å². The fourth-order valence-electron chi connectivity index (χ4n) is 2.14. The van der Waals surface area contributed by atoms with Gasteiger partial charge in [-0.2, -0.15) is 0 Å². The van der Waals surface area contributed by atoms with Crippen LogP contribution in [-0.4, -0.2) is 24.2 Å². The zero-order chi connectivity index (χ0) is 11.9. The van der Waals surface area contributed by atoms with Gasteiger partial charge in [0.1, 0.15) is 5.75 Å². The van der Waals surface area contributed by atoms with Gasteiger partial charge in [0.05, 0.1) is 18.6 Å². The lowest BCUT2D eigenvalue weighted by molar-refractivity contribution is -0.122. The standard InChI is InChI=1S/C13H15NO3/c15-8-13(4-5-13)12(16)14-10-1-2-11-9(7-10)3-6-17-11/h1-2,7,15H,3-6,8H2,(H,14,16). The maximum atomic E-state index is 11.9. The highest BCUT2D eigenvalue weighted by atomic mass is 16.5. The van der Waals surface area contributed by atoms with E-state index in [1.807, 2.05) is 18.2 Å². The minimum atomic E-state index is -0.518. The van der Waals surface area contributed by atoms with Crippen molar-refractivity contribution in [2.75, 3.05) is 18.5 Å². The van der Waals surface area contributed by atoms with Crippen LogP contribution in [-0.2, 0) is 11.2 Å². The first kappa shape index (κ1) is 10.6. The van der Waals surface area contributed by atoms with E-state index in [2.05, 4.69) is 5.32 Å². The minimum absolute atomic E-state index is 0.0626. The maximum Gasteiger partial charge on any atom is 0.232 e. The van der Waals surface area contributed by atoms with Crippen molar-refractivity contribution < 1.29 is 14.6 Å². The maximum absolute atomic E-state index is 11.9. The Kier molecular flexibility index (Phi) is 2.33. The molecule has 3 rings (SSSR count). The van der Waals surface area contributed by atoms with Crippen molar-refractivity contribution in [1.29, 1.82) is 0 Å². The highest BCUT2D eigenvalue weighted by Crippen LogP contribution is 2.46. The molecule has 0 bridgehead atoms. The molecule has 1 aliphatic heterocycles. The molecule has 2 N–H and O–H groups in total. The van der Waals surface area contributed by atoms with E-state index in [0.717, 1.165) is 36.3 Å². The Morgan fingerprint density at radius 1 is 1.47 bits per heavy atom. The number of benzene rings is 1. The lowest BCUT2D eigenvalue weighted by Crippen LogP contribution is -2.27. The summed E-state index contributed by atoms with van der Waals surface area (Å²) < 4.78 is 5.41. The van der Waals surface area contributed by atoms with E-state index >= 15 is 0 Å². The van der Waals surface area contributed by atoms with Crippen molar-refractivity contribution in [3.8, 4) is 5.75 Å². The van der Waals surface area contributed by atoms with Gasteiger partial charge in [0.25, 0.3) is 0 Å². The van der Waals surface area contributed by atoms with Crippen LogP contribution in [0.5, 0.6) is 5.75 Å². The van der Waals surface area contributed by atoms with E-state index in [-0.39, 0.29) is 12.5 Å². The van der Waals surface area contributed by atoms with Crippen LogP contribution in [0.3, 0.4) is 0 Å². The summed E-state index contributed by atoms with van der Waals surface area (Å²) in [5, 5.41) is 12.0. The van der Waals surface area contributed by atoms with Crippen LogP contribution in [0.15, 0.2) is 18.2 Å². The van der Waals surface area contributed by atoms with Gasteiger partial charge in [0.2, 0.25) is 5.91 Å². The van der Waals surface area contributed by atoms with Gasteiger partial charge in [-0.25, -0.2) is 0 Å². The molecule has 0 unspecified atom stereocenters. The molecule has 1 heterocycles. The SMILES string of the molecule is O=C(Nc1ccc2c(c1)CCO2)C1(CO)CC1. The second-order valence-electron chi connectivity index (χ2n) is 4.81. The number of aliphatic hydroxyl groups excluding tert-OH is 1. The fourth-order valence-corrected chi connectivity index (χ4v) is 2.14. The number of anilines is 1. The van der Waals surface area contributed by atoms with Crippen LogP contribution in [0, 0.1) is 5.41 Å². The quantitative estimate of drug-likeness (QED) is 0.828. The Labute approximate surface area is 99.6 Å². The number of aliphatic hydroxyl groups is 1. The van der Waals surface area contributed by atoms with Crippen molar-refractivity contribution in [1.82, 2.24) is 0 Å². The van der Waals surface area contributed by atoms with Crippen LogP contribution < -0.4 is 10.1 Å². The number of ether oxygens (including phenoxy) is 1. The van der Waals surface area contributed by atoms with Gasteiger partial charge in [0.15, 0.2) is 0 Å². The van der Waals surface area contributed by atoms with Crippen LogP contribution in [0.2, 0.25) is 0 Å². The number of rotatable bonds is 3. The summed E-state index contributed by atoms with van der Waals surface area (Å²) in [6.45, 7) is 0.653. The minimum Gasteiger partial charge on any atom is -0.493 e. The highest BCUT2D eigenvalue weighted by molar-refractivity contribution is 5.97. The zero-order valence-electron chi connectivity index (χ0n) is 9.53. The molecule has 90 valence electrons. The molecular weight excluding hydrogens is 218 g/mol. The normalized spacial score (nSPS) is 19.4. The fraction of sp³-hybridized carbons (Fsp3) is 0.462. The van der Waals surface area contributed by atoms with Gasteiger partial charge in [-0.05, 0) is 36.6 Å². The Bertz CT molecular complexity index is 466. The third-order valence-corrected chi connectivity index (χ3v) is 3.59. The topological polar surface area (TPSA) is 58.6 Å². The van der Waals surface area contributed by atoms with Gasteiger partial charge in [0, 0.05) is 12.1 Å². The summed E-state index contributed by atoms with van der Waals surface area (Å²) in [4.78, 5) is 11.9. The molecule has 0 aromatic heterocycles. The molecular formula is C13H15NO3. The van der Waals surface area contributed by atoms with E-state index < -0.39 is 5.41 Å². The average molecular weight is 233 g/mol. The molecule has 0 atom stereocenters. The summed E-state index contributed by atoms with van der Waals surface area (Å²) in [5.41, 5.74) is 1.41. The summed E-state index contributed by atoms with van der Waals surface area (Å²) in [7, 11) is 0. The van der Waals surface area contributed by atoms with Crippen molar-refractivity contribution in [3.63, 3.8) is 0 Å². The van der Waals surface area contributed by atoms with E-state index in [1.54, 1.807) is 0 Å². The molecule has 1 fully saturated rings. The lowest BCUT2D eigenvalue weighted by atomic mass is 10.1. The molecule has 0 saturated heterocycles. The molecule has 1 aromatic rings. The van der Waals surface area contributed by atoms with Crippen molar-refractivity contribution in [2.45, 2.75) is 19.3 Å². The van der Waals surface area contributed by atoms with Gasteiger partial charge in [-0.1, -0.05) is 0 Å². The monoisotopic (exact) mass is 233 g/mol. The van der Waals surface area contributed by atoms with Gasteiger partial charge in [-0.15, -0.1) is 0 Å². The highest BCUT2D eigenvalue weighted by Gasteiger charge is 2.49. The first-order valence-corrected chi connectivity index (χ1v) is 5.92. The van der Waals surface area contributed by atoms with E-state index in [4.69, 9.17) is 4.74 Å². The number of carbonyl (C=O) groups excluding carboxylic acids is 1. The Morgan fingerprint density at radius 2 is 2.29 bits per heavy atom. The first-order valence-electron chi connectivity index (χ1n) is 5.92. The first-order chi connectivity index (χ1) is 8.23. The summed E-state index contributed by atoms with van der Waals surface area (Å²) in [6, 6.07) is 5.68. The molecule has 1 saturated carbocycles. The van der Waals surface area contributed by atoms with E-state index in [1.165, 1.54) is 0 Å². The van der Waals surface area contributed by atoms with Crippen molar-refractivity contribution in [2.24, 2.45) is 5.41 Å². The number of fused-ring (bicyclic) bond motifs is 1. The Balaban J connectivity index is 1.75. The molecule has 17 heavy (non-hydrogen) atoms. The molecule has 4 heteroatoms. The van der Waals surface area contributed by atoms with Crippen LogP contribution in [0.1, 0.15) is 18.4 Å². The third kappa shape index (κ3) is 1.78. The molecule has 1 aliphatic carbocycles. The lowest BCUT2D eigenvalue weighted by Gasteiger charge is -2.12. The number of hydrogen-bond acceptors (Lipinski definition) is 3. The van der Waals surface area contributed by atoms with Gasteiger partial charge >= 0.3 is 0 Å². The molecule has 1 aromatic carbocycles. The second kappa shape index (κ2) is 3.74. The molecule has 1 amide bonds. The predicted molar refractivity (Wildman–Crippen MR) is 63.0 cm³/mol. The van der Waals surface area contributed by atoms with Crippen LogP contribution in [0.25, 0.3) is 0 Å². The van der Waals surface area contributed by atoms with Crippen LogP contribution >= 0.6 is 0 Å². The van der Waals surface area contributed by atoms with Crippen molar-refractivity contribution >= 4 is 11.6 Å². The Hall–Kier alpha value is -1.55. The summed E-state index contributed by atoms with van der Waals surface area (Å²) in [5.74, 6) is 0.838. The average Bonchev–Trinajstić information content (AvgIpc) is 3.01. The number of nitrogens with one attached hydrogen (secondary N) is 1. The predicted octanol–water partition coefficient (Wildman–Crippen LogP) is 1.33. The summed E-state index contributed by atoms with van der Waals surface area (Å²) >= 11 is 0. The second-order valence-corrected chi connectivity index (χ2v) is 4.81. The van der Waals surface area contributed by atoms with E-state index in [9.17, 15) is 9.90 Å². The van der Waals surface area contributed by atoms with E-state index in [0.29, 0.717) is 6.61 Å². The molecule has 2 aliphatic rings. The molecule has 0 spiro atoms. The van der Waals surface area contributed by atoms with Gasteiger partial charge < -0.3 is 15.2 Å². The third-order valence-electron chi connectivity index (χ3n) is 3.59. The smallest absolute Gasteiger partial charge is 0.232 e. The molecule has 4 nitrogen and oxygen atoms in total. The van der Waals surface area contributed by atoms with Crippen molar-refractivity contribution in [3.05, 3.63) is 23.8 Å². The largest absolute Gasteiger partial charge is 0.493 e. The number of carbonyl (C=O) groups is 1. The summed E-state index contributed by atoms with van der Waals surface area (Å²) in [6.07, 6.45) is 2.46. The zero-order valence-corrected chi connectivity index (χ0v) is 9.53. The number of hydrogen-bond donors (Lipinski definition) is 2.